The lowest BCUT2D eigenvalue weighted by Crippen LogP contribution is -2.28. The Morgan fingerprint density at radius 3 is 1.66 bits per heavy atom. The summed E-state index contributed by atoms with van der Waals surface area (Å²) in [4.78, 5) is 11.1. The molecule has 0 spiro atoms. The van der Waals surface area contributed by atoms with E-state index in [0.717, 1.165) is 24.3 Å². The van der Waals surface area contributed by atoms with Crippen LogP contribution in [0.25, 0.3) is 12.2 Å². The molecule has 0 radical (unpaired) electrons. The molecule has 0 N–H and O–H groups in total. The average molecular weight is 492 g/mol. The van der Waals surface area contributed by atoms with Gasteiger partial charge in [0, 0.05) is 0 Å². The number of benzene rings is 2. The minimum atomic E-state index is -6.08. The van der Waals surface area contributed by atoms with Crippen molar-refractivity contribution in [2.24, 2.45) is 0 Å². The summed E-state index contributed by atoms with van der Waals surface area (Å²) in [6.07, 6.45) is -8.40. The van der Waals surface area contributed by atoms with E-state index in [4.69, 9.17) is 0 Å². The van der Waals surface area contributed by atoms with Gasteiger partial charge in [-0.05, 0) is 41.5 Å². The molecule has 32 heavy (non-hydrogen) atoms. The Kier molecular flexibility index (Phi) is 6.69. The van der Waals surface area contributed by atoms with Gasteiger partial charge in [-0.1, -0.05) is 18.2 Å². The van der Waals surface area contributed by atoms with Crippen molar-refractivity contribution in [2.45, 2.75) is 17.9 Å². The van der Waals surface area contributed by atoms with Crippen LogP contribution in [0.15, 0.2) is 36.4 Å². The van der Waals surface area contributed by atoms with Gasteiger partial charge in [0.15, 0.2) is 12.0 Å². The maximum atomic E-state index is 12.9. The van der Waals surface area contributed by atoms with Crippen LogP contribution in [0.2, 0.25) is 0 Å². The molecule has 0 aliphatic rings. The van der Waals surface area contributed by atoms with E-state index in [2.05, 4.69) is 4.18 Å². The number of halogens is 9. The second-order valence-corrected chi connectivity index (χ2v) is 7.61. The van der Waals surface area contributed by atoms with E-state index in [1.54, 1.807) is 0 Å². The molecule has 0 unspecified atom stereocenters. The van der Waals surface area contributed by atoms with Crippen LogP contribution >= 0.6 is 0 Å². The maximum absolute atomic E-state index is 12.9. The number of carbonyl (C=O) groups excluding carboxylic acids is 1. The van der Waals surface area contributed by atoms with Crippen LogP contribution in [-0.2, 0) is 22.5 Å². The van der Waals surface area contributed by atoms with Crippen LogP contribution in [0.5, 0.6) is 5.75 Å². The number of carbonyl (C=O) groups is 1. The summed E-state index contributed by atoms with van der Waals surface area (Å²) in [5.74, 6) is -0.979. The average Bonchev–Trinajstić information content (AvgIpc) is 2.64. The Balaban J connectivity index is 2.43. The van der Waals surface area contributed by atoms with Gasteiger partial charge in [0.1, 0.15) is 0 Å². The highest BCUT2D eigenvalue weighted by atomic mass is 32.2. The van der Waals surface area contributed by atoms with Crippen LogP contribution in [-0.4, -0.2) is 20.2 Å². The number of alkyl halides is 9. The van der Waals surface area contributed by atoms with E-state index in [0.29, 0.717) is 18.2 Å². The van der Waals surface area contributed by atoms with Crippen LogP contribution in [0.1, 0.15) is 32.6 Å². The summed E-state index contributed by atoms with van der Waals surface area (Å²) in [6.45, 7) is 0. The molecule has 2 rings (SSSR count). The highest BCUT2D eigenvalue weighted by Crippen LogP contribution is 2.37. The molecular formula is C18H9F9O4S. The predicted molar refractivity (Wildman–Crippen MR) is 92.8 cm³/mol. The molecule has 0 amide bonds. The third kappa shape index (κ3) is 6.02. The fourth-order valence-corrected chi connectivity index (χ4v) is 2.75. The van der Waals surface area contributed by atoms with Crippen LogP contribution in [0.4, 0.5) is 39.5 Å². The van der Waals surface area contributed by atoms with Gasteiger partial charge >= 0.3 is 28.0 Å². The molecule has 0 heterocycles. The van der Waals surface area contributed by atoms with Gasteiger partial charge < -0.3 is 4.18 Å². The molecule has 0 aromatic heterocycles. The first-order valence-corrected chi connectivity index (χ1v) is 9.42. The monoisotopic (exact) mass is 492 g/mol. The van der Waals surface area contributed by atoms with E-state index in [1.807, 2.05) is 0 Å². The second kappa shape index (κ2) is 8.48. The van der Waals surface area contributed by atoms with Crippen molar-refractivity contribution in [3.63, 3.8) is 0 Å². The quantitative estimate of drug-likeness (QED) is 0.171. The molecule has 0 fully saturated rings. The second-order valence-electron chi connectivity index (χ2n) is 6.07. The molecular weight excluding hydrogens is 483 g/mol. The first-order valence-electron chi connectivity index (χ1n) is 8.01. The van der Waals surface area contributed by atoms with Crippen molar-refractivity contribution in [3.8, 4) is 5.75 Å². The molecule has 2 aromatic carbocycles. The SMILES string of the molecule is O=Cc1cc(/C=C/c2cc(C(F)(F)F)cc(C(F)(F)F)c2)ccc1OS(=O)(=O)C(F)(F)F. The highest BCUT2D eigenvalue weighted by molar-refractivity contribution is 7.88. The predicted octanol–water partition coefficient (Wildman–Crippen LogP) is 5.94. The first-order chi connectivity index (χ1) is 14.4. The Morgan fingerprint density at radius 1 is 0.719 bits per heavy atom. The molecule has 0 atom stereocenters. The van der Waals surface area contributed by atoms with E-state index in [-0.39, 0.29) is 17.9 Å². The number of aldehydes is 1. The van der Waals surface area contributed by atoms with Gasteiger partial charge in [-0.15, -0.1) is 0 Å². The molecule has 14 heteroatoms. The zero-order valence-electron chi connectivity index (χ0n) is 15.1. The summed E-state index contributed by atoms with van der Waals surface area (Å²) in [6, 6.07) is 3.21. The minimum absolute atomic E-state index is 0.0510. The Morgan fingerprint density at radius 2 is 1.22 bits per heavy atom. The highest BCUT2D eigenvalue weighted by Gasteiger charge is 2.48. The van der Waals surface area contributed by atoms with Gasteiger partial charge in [-0.2, -0.15) is 47.9 Å². The molecule has 0 saturated heterocycles. The van der Waals surface area contributed by atoms with Crippen LogP contribution in [0.3, 0.4) is 0 Å². The van der Waals surface area contributed by atoms with Gasteiger partial charge in [0.05, 0.1) is 16.7 Å². The lowest BCUT2D eigenvalue weighted by molar-refractivity contribution is -0.143. The fraction of sp³-hybridized carbons (Fsp3) is 0.167. The van der Waals surface area contributed by atoms with Gasteiger partial charge in [-0.25, -0.2) is 0 Å². The normalized spacial score (nSPS) is 13.4. The fourth-order valence-electron chi connectivity index (χ4n) is 2.27. The van der Waals surface area contributed by atoms with Gasteiger partial charge in [0.2, 0.25) is 0 Å². The first kappa shape index (κ1) is 25.2. The van der Waals surface area contributed by atoms with Crippen molar-refractivity contribution >= 4 is 28.6 Å². The topological polar surface area (TPSA) is 60.4 Å². The maximum Gasteiger partial charge on any atom is 0.534 e. The zero-order valence-corrected chi connectivity index (χ0v) is 16.0. The third-order valence-electron chi connectivity index (χ3n) is 3.72. The summed E-state index contributed by atoms with van der Waals surface area (Å²) in [5, 5.41) is 0. The van der Waals surface area contributed by atoms with E-state index in [9.17, 15) is 52.7 Å². The number of rotatable bonds is 5. The molecule has 2 aromatic rings. The van der Waals surface area contributed by atoms with E-state index in [1.165, 1.54) is 0 Å². The summed E-state index contributed by atoms with van der Waals surface area (Å²) in [7, 11) is -6.08. The number of hydrogen-bond donors (Lipinski definition) is 0. The lowest BCUT2D eigenvalue weighted by atomic mass is 10.0. The molecule has 0 aliphatic heterocycles. The van der Waals surface area contributed by atoms with Crippen molar-refractivity contribution in [3.05, 3.63) is 64.2 Å². The van der Waals surface area contributed by atoms with Gasteiger partial charge in [0.25, 0.3) is 0 Å². The lowest BCUT2D eigenvalue weighted by Gasteiger charge is -2.13. The number of hydrogen-bond acceptors (Lipinski definition) is 4. The summed E-state index contributed by atoms with van der Waals surface area (Å²) in [5.41, 5.74) is -10.1. The molecule has 0 bridgehead atoms. The third-order valence-corrected chi connectivity index (χ3v) is 4.69. The zero-order chi connectivity index (χ0) is 24.5. The van der Waals surface area contributed by atoms with Crippen molar-refractivity contribution < 1.29 is 56.9 Å². The van der Waals surface area contributed by atoms with Gasteiger partial charge in [-0.3, -0.25) is 4.79 Å². The van der Waals surface area contributed by atoms with E-state index >= 15 is 0 Å². The van der Waals surface area contributed by atoms with E-state index < -0.39 is 56.0 Å². The standard InChI is InChI=1S/C18H9F9O4S/c19-16(20,21)13-6-11(7-14(8-13)17(22,23)24)2-1-10-3-4-15(12(5-10)9-28)31-32(29,30)18(25,26)27/h1-9H/b2-1+. The molecule has 4 nitrogen and oxygen atoms in total. The summed E-state index contributed by atoms with van der Waals surface area (Å²) < 4.78 is 140. The minimum Gasteiger partial charge on any atom is -0.375 e. The molecule has 0 saturated carbocycles. The summed E-state index contributed by atoms with van der Waals surface area (Å²) >= 11 is 0. The Bertz CT molecular complexity index is 1110. The Labute approximate surface area is 174 Å². The largest absolute Gasteiger partial charge is 0.534 e. The van der Waals surface area contributed by atoms with Crippen LogP contribution in [0, 0.1) is 0 Å². The Hall–Kier alpha value is -3.03. The molecule has 0 aliphatic carbocycles. The smallest absolute Gasteiger partial charge is 0.375 e. The van der Waals surface area contributed by atoms with Crippen LogP contribution < -0.4 is 4.18 Å². The molecule has 174 valence electrons. The van der Waals surface area contributed by atoms with Crippen molar-refractivity contribution in [2.75, 3.05) is 0 Å². The van der Waals surface area contributed by atoms with Crippen molar-refractivity contribution in [1.29, 1.82) is 0 Å². The van der Waals surface area contributed by atoms with Crippen molar-refractivity contribution in [1.82, 2.24) is 0 Å².